The Morgan fingerprint density at radius 3 is 2.52 bits per heavy atom. The van der Waals surface area contributed by atoms with Crippen LogP contribution in [0.3, 0.4) is 0 Å². The van der Waals surface area contributed by atoms with Gasteiger partial charge in [0.1, 0.15) is 5.01 Å². The van der Waals surface area contributed by atoms with E-state index in [0.717, 1.165) is 5.01 Å². The second-order valence-electron chi connectivity index (χ2n) is 5.44. The number of ether oxygens (including phenoxy) is 1. The Bertz CT molecular complexity index is 843. The Hall–Kier alpha value is -1.88. The van der Waals surface area contributed by atoms with Crippen LogP contribution in [-0.2, 0) is 14.8 Å². The van der Waals surface area contributed by atoms with Crippen molar-refractivity contribution >= 4 is 32.3 Å². The number of benzene rings is 1. The van der Waals surface area contributed by atoms with E-state index in [4.69, 9.17) is 4.74 Å². The number of carbonyl (C=O) groups excluding carboxylic acids is 1. The molecular weight excluding hydrogens is 364 g/mol. The van der Waals surface area contributed by atoms with Crippen molar-refractivity contribution in [3.63, 3.8) is 0 Å². The standard InChI is InChI=1S/C15H18N4O4S2/c1-11-17-18-15(24-11)16-10-14(20)12-2-4-13(5-3-12)25(21,22)19-6-8-23-9-7-19/h2-5H,6-10H2,1H3,(H,16,18). The van der Waals surface area contributed by atoms with Gasteiger partial charge in [0.05, 0.1) is 24.7 Å². The summed E-state index contributed by atoms with van der Waals surface area (Å²) in [6, 6.07) is 5.99. The number of sulfonamides is 1. The third kappa shape index (κ3) is 4.21. The van der Waals surface area contributed by atoms with Crippen molar-refractivity contribution in [1.82, 2.24) is 14.5 Å². The summed E-state index contributed by atoms with van der Waals surface area (Å²) in [5.41, 5.74) is 0.440. The summed E-state index contributed by atoms with van der Waals surface area (Å²) >= 11 is 1.37. The van der Waals surface area contributed by atoms with E-state index >= 15 is 0 Å². The van der Waals surface area contributed by atoms with E-state index in [1.54, 1.807) is 0 Å². The smallest absolute Gasteiger partial charge is 0.243 e. The van der Waals surface area contributed by atoms with Crippen molar-refractivity contribution in [1.29, 1.82) is 0 Å². The van der Waals surface area contributed by atoms with E-state index in [1.807, 2.05) is 6.92 Å². The molecule has 1 aromatic heterocycles. The highest BCUT2D eigenvalue weighted by Crippen LogP contribution is 2.18. The molecule has 1 aliphatic heterocycles. The van der Waals surface area contributed by atoms with Gasteiger partial charge in [0.15, 0.2) is 5.78 Å². The number of nitrogens with one attached hydrogen (secondary N) is 1. The van der Waals surface area contributed by atoms with E-state index in [-0.39, 0.29) is 17.2 Å². The minimum absolute atomic E-state index is 0.0736. The maximum absolute atomic E-state index is 12.5. The lowest BCUT2D eigenvalue weighted by molar-refractivity contribution is 0.0730. The molecule has 134 valence electrons. The van der Waals surface area contributed by atoms with Gasteiger partial charge in [-0.05, 0) is 31.2 Å². The number of carbonyl (C=O) groups is 1. The van der Waals surface area contributed by atoms with Gasteiger partial charge in [0.2, 0.25) is 15.2 Å². The number of anilines is 1. The lowest BCUT2D eigenvalue weighted by atomic mass is 10.1. The Morgan fingerprint density at radius 2 is 1.92 bits per heavy atom. The van der Waals surface area contributed by atoms with Gasteiger partial charge in [-0.1, -0.05) is 11.3 Å². The highest BCUT2D eigenvalue weighted by molar-refractivity contribution is 7.89. The van der Waals surface area contributed by atoms with Crippen LogP contribution in [0.5, 0.6) is 0 Å². The van der Waals surface area contributed by atoms with Gasteiger partial charge in [0.25, 0.3) is 0 Å². The highest BCUT2D eigenvalue weighted by atomic mass is 32.2. The summed E-state index contributed by atoms with van der Waals surface area (Å²) in [5.74, 6) is -0.150. The fourth-order valence-corrected chi connectivity index (χ4v) is 4.37. The van der Waals surface area contributed by atoms with Crippen LogP contribution in [0.25, 0.3) is 0 Å². The quantitative estimate of drug-likeness (QED) is 0.748. The summed E-state index contributed by atoms with van der Waals surface area (Å²) in [5, 5.41) is 12.1. The largest absolute Gasteiger partial charge is 0.379 e. The molecule has 0 saturated carbocycles. The molecule has 25 heavy (non-hydrogen) atoms. The van der Waals surface area contributed by atoms with E-state index in [2.05, 4.69) is 15.5 Å². The average molecular weight is 382 g/mol. The van der Waals surface area contributed by atoms with Crippen LogP contribution in [0.1, 0.15) is 15.4 Å². The normalized spacial score (nSPS) is 15.9. The van der Waals surface area contributed by atoms with Gasteiger partial charge in [-0.15, -0.1) is 10.2 Å². The summed E-state index contributed by atoms with van der Waals surface area (Å²) in [4.78, 5) is 12.4. The molecule has 1 fully saturated rings. The molecule has 10 heteroatoms. The molecule has 1 saturated heterocycles. The van der Waals surface area contributed by atoms with E-state index in [1.165, 1.54) is 39.9 Å². The number of aryl methyl sites for hydroxylation is 1. The molecule has 0 radical (unpaired) electrons. The van der Waals surface area contributed by atoms with Crippen molar-refractivity contribution in [2.24, 2.45) is 0 Å². The second-order valence-corrected chi connectivity index (χ2v) is 8.56. The number of ketones is 1. The summed E-state index contributed by atoms with van der Waals surface area (Å²) in [6.45, 7) is 3.38. The van der Waals surface area contributed by atoms with Crippen LogP contribution in [0.15, 0.2) is 29.2 Å². The van der Waals surface area contributed by atoms with Crippen molar-refractivity contribution < 1.29 is 17.9 Å². The zero-order valence-electron chi connectivity index (χ0n) is 13.6. The SMILES string of the molecule is Cc1nnc(NCC(=O)c2ccc(S(=O)(=O)N3CCOCC3)cc2)s1. The summed E-state index contributed by atoms with van der Waals surface area (Å²) in [7, 11) is -3.55. The molecule has 8 nitrogen and oxygen atoms in total. The van der Waals surface area contributed by atoms with Crippen molar-refractivity contribution in [3.8, 4) is 0 Å². The minimum Gasteiger partial charge on any atom is -0.379 e. The Morgan fingerprint density at radius 1 is 1.24 bits per heavy atom. The highest BCUT2D eigenvalue weighted by Gasteiger charge is 2.26. The topological polar surface area (TPSA) is 101 Å². The van der Waals surface area contributed by atoms with E-state index < -0.39 is 10.0 Å². The Kier molecular flexibility index (Phi) is 5.42. The summed E-state index contributed by atoms with van der Waals surface area (Å²) in [6.07, 6.45) is 0. The van der Waals surface area contributed by atoms with Crippen LogP contribution in [-0.4, -0.2) is 61.6 Å². The molecular formula is C15H18N4O4S2. The molecule has 0 atom stereocenters. The zero-order valence-corrected chi connectivity index (χ0v) is 15.3. The van der Waals surface area contributed by atoms with Crippen LogP contribution in [0.2, 0.25) is 0 Å². The number of hydrogen-bond acceptors (Lipinski definition) is 8. The fraction of sp³-hybridized carbons (Fsp3) is 0.400. The van der Waals surface area contributed by atoms with Crippen molar-refractivity contribution in [3.05, 3.63) is 34.8 Å². The minimum atomic E-state index is -3.55. The predicted octanol–water partition coefficient (Wildman–Crippen LogP) is 1.16. The van der Waals surface area contributed by atoms with Crippen molar-refractivity contribution in [2.45, 2.75) is 11.8 Å². The van der Waals surface area contributed by atoms with Crippen LogP contribution < -0.4 is 5.32 Å². The third-order valence-electron chi connectivity index (χ3n) is 3.71. The molecule has 3 rings (SSSR count). The first-order valence-corrected chi connectivity index (χ1v) is 9.97. The molecule has 0 bridgehead atoms. The fourth-order valence-electron chi connectivity index (χ4n) is 2.37. The number of rotatable bonds is 6. The van der Waals surface area contributed by atoms with Gasteiger partial charge in [-0.3, -0.25) is 4.79 Å². The predicted molar refractivity (Wildman–Crippen MR) is 93.5 cm³/mol. The maximum Gasteiger partial charge on any atom is 0.243 e. The van der Waals surface area contributed by atoms with Gasteiger partial charge in [0, 0.05) is 18.7 Å². The van der Waals surface area contributed by atoms with E-state index in [0.29, 0.717) is 37.0 Å². The lowest BCUT2D eigenvalue weighted by Crippen LogP contribution is -2.40. The number of nitrogens with zero attached hydrogens (tertiary/aromatic N) is 3. The molecule has 1 aliphatic rings. The Balaban J connectivity index is 1.65. The monoisotopic (exact) mass is 382 g/mol. The molecule has 2 heterocycles. The van der Waals surface area contributed by atoms with Crippen LogP contribution in [0, 0.1) is 6.92 Å². The molecule has 0 spiro atoms. The first-order valence-electron chi connectivity index (χ1n) is 7.72. The van der Waals surface area contributed by atoms with E-state index in [9.17, 15) is 13.2 Å². The van der Waals surface area contributed by atoms with Crippen LogP contribution >= 0.6 is 11.3 Å². The number of Topliss-reactive ketones (excluding diaryl/α,β-unsaturated/α-hetero) is 1. The molecule has 1 aromatic carbocycles. The first-order chi connectivity index (χ1) is 12.0. The molecule has 1 N–H and O–H groups in total. The van der Waals surface area contributed by atoms with Crippen LogP contribution in [0.4, 0.5) is 5.13 Å². The zero-order chi connectivity index (χ0) is 17.9. The number of morpholine rings is 1. The molecule has 0 aliphatic carbocycles. The van der Waals surface area contributed by atoms with Gasteiger partial charge in [-0.25, -0.2) is 8.42 Å². The third-order valence-corrected chi connectivity index (χ3v) is 6.42. The molecule has 0 unspecified atom stereocenters. The number of hydrogen-bond donors (Lipinski definition) is 1. The van der Waals surface area contributed by atoms with Gasteiger partial charge >= 0.3 is 0 Å². The maximum atomic E-state index is 12.5. The molecule has 2 aromatic rings. The first kappa shape index (κ1) is 17.9. The summed E-state index contributed by atoms with van der Waals surface area (Å²) < 4.78 is 31.7. The second kappa shape index (κ2) is 7.56. The van der Waals surface area contributed by atoms with Crippen molar-refractivity contribution in [2.75, 3.05) is 38.2 Å². The van der Waals surface area contributed by atoms with Gasteiger partial charge < -0.3 is 10.1 Å². The molecule has 0 amide bonds. The Labute approximate surface area is 149 Å². The average Bonchev–Trinajstić information content (AvgIpc) is 3.06. The van der Waals surface area contributed by atoms with Gasteiger partial charge in [-0.2, -0.15) is 4.31 Å². The number of aromatic nitrogens is 2. The lowest BCUT2D eigenvalue weighted by Gasteiger charge is -2.26.